The number of benzene rings is 1. The van der Waals surface area contributed by atoms with E-state index in [9.17, 15) is 14.9 Å². The van der Waals surface area contributed by atoms with E-state index in [2.05, 4.69) is 6.92 Å². The highest BCUT2D eigenvalue weighted by Crippen LogP contribution is 2.35. The molecule has 0 N–H and O–H groups in total. The molecule has 0 bridgehead atoms. The summed E-state index contributed by atoms with van der Waals surface area (Å²) in [5.41, 5.74) is 1.21. The molecule has 2 rings (SSSR count). The number of nitro groups is 1. The van der Waals surface area contributed by atoms with Gasteiger partial charge in [-0.1, -0.05) is 31.8 Å². The van der Waals surface area contributed by atoms with Crippen molar-refractivity contribution in [3.8, 4) is 11.5 Å². The maximum absolute atomic E-state index is 13.4. The summed E-state index contributed by atoms with van der Waals surface area (Å²) in [6, 6.07) is 4.52. The lowest BCUT2D eigenvalue weighted by Crippen LogP contribution is -2.25. The van der Waals surface area contributed by atoms with Gasteiger partial charge in [-0.05, 0) is 46.3 Å². The normalized spacial score (nSPS) is 11.0. The zero-order valence-corrected chi connectivity index (χ0v) is 18.6. The average molecular weight is 417 g/mol. The molecule has 7 heteroatoms. The van der Waals surface area contributed by atoms with E-state index in [1.165, 1.54) is 12.1 Å². The number of unbranched alkanes of at least 4 members (excludes halogenated alkanes) is 3. The molecule has 0 unspecified atom stereocenters. The van der Waals surface area contributed by atoms with Crippen LogP contribution in [0.2, 0.25) is 0 Å². The highest BCUT2D eigenvalue weighted by atomic mass is 16.6. The summed E-state index contributed by atoms with van der Waals surface area (Å²) < 4.78 is 13.4. The molecule has 7 nitrogen and oxygen atoms in total. The summed E-state index contributed by atoms with van der Waals surface area (Å²) in [4.78, 5) is 24.2. The van der Waals surface area contributed by atoms with Gasteiger partial charge in [-0.3, -0.25) is 14.9 Å². The summed E-state index contributed by atoms with van der Waals surface area (Å²) in [5.74, 6) is 0.491. The summed E-state index contributed by atoms with van der Waals surface area (Å²) >= 11 is 0. The Morgan fingerprint density at radius 2 is 1.93 bits per heavy atom. The highest BCUT2D eigenvalue weighted by Gasteiger charge is 2.22. The zero-order valence-electron chi connectivity index (χ0n) is 18.6. The first-order chi connectivity index (χ1) is 14.3. The van der Waals surface area contributed by atoms with Gasteiger partial charge >= 0.3 is 0 Å². The minimum atomic E-state index is -0.451. The van der Waals surface area contributed by atoms with Crippen LogP contribution in [-0.2, 0) is 6.54 Å². The maximum Gasteiger partial charge on any atom is 0.297 e. The Morgan fingerprint density at radius 3 is 2.53 bits per heavy atom. The molecule has 0 fully saturated rings. The predicted molar refractivity (Wildman–Crippen MR) is 120 cm³/mol. The van der Waals surface area contributed by atoms with E-state index >= 15 is 0 Å². The van der Waals surface area contributed by atoms with Crippen molar-refractivity contribution < 1.29 is 14.4 Å². The Balaban J connectivity index is 2.69. The smallest absolute Gasteiger partial charge is 0.297 e. The van der Waals surface area contributed by atoms with E-state index in [0.29, 0.717) is 23.2 Å². The average Bonchev–Trinajstić information content (AvgIpc) is 2.68. The summed E-state index contributed by atoms with van der Waals surface area (Å²) in [6.07, 6.45) is 5.65. The molecule has 0 amide bonds. The lowest BCUT2D eigenvalue weighted by Gasteiger charge is -2.19. The van der Waals surface area contributed by atoms with Crippen LogP contribution in [0, 0.1) is 10.1 Å². The van der Waals surface area contributed by atoms with Gasteiger partial charge in [0.05, 0.1) is 16.5 Å². The number of pyridine rings is 1. The first kappa shape index (κ1) is 23.4. The third-order valence-corrected chi connectivity index (χ3v) is 4.68. The molecule has 30 heavy (non-hydrogen) atoms. The van der Waals surface area contributed by atoms with Gasteiger partial charge in [-0.2, -0.15) is 0 Å². The SMILES string of the molecule is CCCCCCn1c(=O)c(OC(C)C)c(OCC=C(C)C)c2ccc([N+](=O)[O-])cc21. The van der Waals surface area contributed by atoms with Gasteiger partial charge in [0.1, 0.15) is 6.61 Å². The van der Waals surface area contributed by atoms with Crippen LogP contribution in [0.4, 0.5) is 5.69 Å². The minimum absolute atomic E-state index is 0.0583. The Hall–Kier alpha value is -2.83. The molecule has 1 aromatic carbocycles. The number of allylic oxidation sites excluding steroid dienone is 1. The monoisotopic (exact) mass is 416 g/mol. The first-order valence-corrected chi connectivity index (χ1v) is 10.5. The molecular weight excluding hydrogens is 384 g/mol. The first-order valence-electron chi connectivity index (χ1n) is 10.5. The van der Waals surface area contributed by atoms with Gasteiger partial charge in [0, 0.05) is 24.1 Å². The number of rotatable bonds is 11. The van der Waals surface area contributed by atoms with E-state index in [1.807, 2.05) is 33.8 Å². The second-order valence-electron chi connectivity index (χ2n) is 7.89. The number of non-ortho nitro benzene ring substituents is 1. The van der Waals surface area contributed by atoms with Gasteiger partial charge in [0.2, 0.25) is 5.75 Å². The number of hydrogen-bond donors (Lipinski definition) is 0. The largest absolute Gasteiger partial charge is 0.485 e. The molecule has 0 saturated carbocycles. The van der Waals surface area contributed by atoms with Crippen LogP contribution < -0.4 is 15.0 Å². The fourth-order valence-corrected chi connectivity index (χ4v) is 3.19. The molecule has 0 spiro atoms. The minimum Gasteiger partial charge on any atom is -0.485 e. The van der Waals surface area contributed by atoms with Crippen molar-refractivity contribution in [3.63, 3.8) is 0 Å². The van der Waals surface area contributed by atoms with E-state index in [4.69, 9.17) is 9.47 Å². The summed E-state index contributed by atoms with van der Waals surface area (Å²) in [7, 11) is 0. The summed E-state index contributed by atoms with van der Waals surface area (Å²) in [6.45, 7) is 10.5. The van der Waals surface area contributed by atoms with Gasteiger partial charge in [0.15, 0.2) is 5.75 Å². The number of ether oxygens (including phenoxy) is 2. The van der Waals surface area contributed by atoms with Crippen LogP contribution in [-0.4, -0.2) is 22.2 Å². The zero-order chi connectivity index (χ0) is 22.3. The number of aryl methyl sites for hydroxylation is 1. The van der Waals surface area contributed by atoms with E-state index in [-0.39, 0.29) is 29.7 Å². The van der Waals surface area contributed by atoms with Crippen LogP contribution in [0.25, 0.3) is 10.9 Å². The van der Waals surface area contributed by atoms with Crippen molar-refractivity contribution in [1.82, 2.24) is 4.57 Å². The van der Waals surface area contributed by atoms with Crippen LogP contribution in [0.1, 0.15) is 60.3 Å². The molecule has 0 atom stereocenters. The molecule has 0 aliphatic carbocycles. The number of aromatic nitrogens is 1. The van der Waals surface area contributed by atoms with Gasteiger partial charge in [-0.25, -0.2) is 0 Å². The highest BCUT2D eigenvalue weighted by molar-refractivity contribution is 5.89. The lowest BCUT2D eigenvalue weighted by atomic mass is 10.1. The molecule has 0 saturated heterocycles. The molecular formula is C23H32N2O5. The Bertz CT molecular complexity index is 972. The standard InChI is InChI=1S/C23H32N2O5/c1-6-7-8-9-13-24-20-15-18(25(27)28)10-11-19(20)21(29-14-12-16(2)3)22(23(24)26)30-17(4)5/h10-12,15,17H,6-9,13-14H2,1-5H3. The van der Waals surface area contributed by atoms with Crippen LogP contribution >= 0.6 is 0 Å². The third kappa shape index (κ3) is 5.84. The second kappa shape index (κ2) is 10.8. The Labute approximate surface area is 177 Å². The van der Waals surface area contributed by atoms with Gasteiger partial charge in [-0.15, -0.1) is 0 Å². The topological polar surface area (TPSA) is 83.6 Å². The fraction of sp³-hybridized carbons (Fsp3) is 0.522. The van der Waals surface area contributed by atoms with Gasteiger partial charge < -0.3 is 14.0 Å². The van der Waals surface area contributed by atoms with E-state index < -0.39 is 4.92 Å². The molecule has 0 radical (unpaired) electrons. The Kier molecular flexibility index (Phi) is 8.45. The molecule has 164 valence electrons. The predicted octanol–water partition coefficient (Wildman–Crippen LogP) is 5.62. The van der Waals surface area contributed by atoms with Crippen molar-refractivity contribution in [2.45, 2.75) is 73.0 Å². The fourth-order valence-electron chi connectivity index (χ4n) is 3.19. The third-order valence-electron chi connectivity index (χ3n) is 4.68. The van der Waals surface area contributed by atoms with Crippen molar-refractivity contribution in [2.24, 2.45) is 0 Å². The number of hydrogen-bond acceptors (Lipinski definition) is 5. The molecule has 0 aliphatic rings. The summed E-state index contributed by atoms with van der Waals surface area (Å²) in [5, 5.41) is 12.0. The molecule has 0 aliphatic heterocycles. The van der Waals surface area contributed by atoms with Crippen molar-refractivity contribution in [1.29, 1.82) is 0 Å². The van der Waals surface area contributed by atoms with Crippen LogP contribution in [0.15, 0.2) is 34.6 Å². The quantitative estimate of drug-likeness (QED) is 0.205. The number of nitrogens with zero attached hydrogens (tertiary/aromatic N) is 2. The van der Waals surface area contributed by atoms with Crippen molar-refractivity contribution >= 4 is 16.6 Å². The number of nitro benzene ring substituents is 1. The Morgan fingerprint density at radius 1 is 1.20 bits per heavy atom. The second-order valence-corrected chi connectivity index (χ2v) is 7.89. The van der Waals surface area contributed by atoms with E-state index in [1.54, 1.807) is 10.6 Å². The maximum atomic E-state index is 13.4. The van der Waals surface area contributed by atoms with Crippen molar-refractivity contribution in [2.75, 3.05) is 6.61 Å². The molecule has 1 heterocycles. The molecule has 1 aromatic heterocycles. The molecule has 2 aromatic rings. The van der Waals surface area contributed by atoms with Crippen LogP contribution in [0.5, 0.6) is 11.5 Å². The van der Waals surface area contributed by atoms with Crippen LogP contribution in [0.3, 0.4) is 0 Å². The number of fused-ring (bicyclic) bond motifs is 1. The van der Waals surface area contributed by atoms with E-state index in [0.717, 1.165) is 31.3 Å². The van der Waals surface area contributed by atoms with Gasteiger partial charge in [0.25, 0.3) is 11.2 Å². The van der Waals surface area contributed by atoms with Crippen molar-refractivity contribution in [3.05, 3.63) is 50.3 Å². The lowest BCUT2D eigenvalue weighted by molar-refractivity contribution is -0.384.